The normalized spacial score (nSPS) is 14.7. The SMILES string of the molecule is CCOC(=O)CN(c1nc(CC)ns1)C1CC1. The van der Waals surface area contributed by atoms with Crippen LogP contribution in [0.1, 0.15) is 32.5 Å². The first-order chi connectivity index (χ1) is 8.24. The Kier molecular flexibility index (Phi) is 3.93. The first kappa shape index (κ1) is 12.3. The average molecular weight is 255 g/mol. The van der Waals surface area contributed by atoms with Gasteiger partial charge in [0, 0.05) is 24.0 Å². The highest BCUT2D eigenvalue weighted by Gasteiger charge is 2.32. The van der Waals surface area contributed by atoms with E-state index in [9.17, 15) is 4.79 Å². The van der Waals surface area contributed by atoms with Crippen LogP contribution in [0.3, 0.4) is 0 Å². The van der Waals surface area contributed by atoms with Crippen molar-refractivity contribution in [2.45, 2.75) is 39.2 Å². The molecule has 0 aromatic carbocycles. The summed E-state index contributed by atoms with van der Waals surface area (Å²) < 4.78 is 9.24. The number of hydrogen-bond acceptors (Lipinski definition) is 6. The van der Waals surface area contributed by atoms with E-state index in [1.807, 2.05) is 18.7 Å². The van der Waals surface area contributed by atoms with Gasteiger partial charge < -0.3 is 9.64 Å². The van der Waals surface area contributed by atoms with Crippen molar-refractivity contribution < 1.29 is 9.53 Å². The molecule has 1 saturated carbocycles. The molecule has 0 aliphatic heterocycles. The van der Waals surface area contributed by atoms with Crippen molar-refractivity contribution in [3.63, 3.8) is 0 Å². The Bertz CT molecular complexity index is 390. The van der Waals surface area contributed by atoms with Gasteiger partial charge in [-0.1, -0.05) is 6.92 Å². The molecular formula is C11H17N3O2S. The molecule has 1 aliphatic carbocycles. The van der Waals surface area contributed by atoms with Crippen LogP contribution in [0.25, 0.3) is 0 Å². The van der Waals surface area contributed by atoms with Gasteiger partial charge in [0.1, 0.15) is 12.4 Å². The van der Waals surface area contributed by atoms with Gasteiger partial charge in [0.25, 0.3) is 0 Å². The number of hydrogen-bond donors (Lipinski definition) is 0. The number of nitrogens with zero attached hydrogens (tertiary/aromatic N) is 3. The largest absolute Gasteiger partial charge is 0.465 e. The molecule has 1 fully saturated rings. The number of rotatable bonds is 6. The molecular weight excluding hydrogens is 238 g/mol. The molecule has 0 saturated heterocycles. The summed E-state index contributed by atoms with van der Waals surface area (Å²) in [4.78, 5) is 18.0. The number of carbonyl (C=O) groups excluding carboxylic acids is 1. The van der Waals surface area contributed by atoms with E-state index in [4.69, 9.17) is 4.74 Å². The van der Waals surface area contributed by atoms with Crippen LogP contribution in [-0.4, -0.2) is 34.5 Å². The highest BCUT2D eigenvalue weighted by molar-refractivity contribution is 7.09. The Morgan fingerprint density at radius 3 is 2.82 bits per heavy atom. The van der Waals surface area contributed by atoms with Gasteiger partial charge in [-0.3, -0.25) is 4.79 Å². The van der Waals surface area contributed by atoms with E-state index in [0.29, 0.717) is 12.6 Å². The maximum Gasteiger partial charge on any atom is 0.325 e. The van der Waals surface area contributed by atoms with E-state index in [1.165, 1.54) is 11.5 Å². The summed E-state index contributed by atoms with van der Waals surface area (Å²) in [5, 5.41) is 0.845. The van der Waals surface area contributed by atoms with E-state index in [0.717, 1.165) is 30.2 Å². The zero-order chi connectivity index (χ0) is 12.3. The molecule has 1 aliphatic rings. The minimum atomic E-state index is -0.187. The maximum atomic E-state index is 11.5. The molecule has 94 valence electrons. The standard InChI is InChI=1S/C11H17N3O2S/c1-3-9-12-11(17-13-9)14(8-5-6-8)7-10(15)16-4-2/h8H,3-7H2,1-2H3. The first-order valence-electron chi connectivity index (χ1n) is 5.99. The van der Waals surface area contributed by atoms with E-state index < -0.39 is 0 Å². The van der Waals surface area contributed by atoms with Crippen molar-refractivity contribution in [1.29, 1.82) is 0 Å². The second kappa shape index (κ2) is 5.44. The minimum Gasteiger partial charge on any atom is -0.465 e. The lowest BCUT2D eigenvalue weighted by atomic mass is 10.4. The highest BCUT2D eigenvalue weighted by atomic mass is 32.1. The van der Waals surface area contributed by atoms with Gasteiger partial charge in [-0.05, 0) is 19.8 Å². The number of aromatic nitrogens is 2. The molecule has 5 nitrogen and oxygen atoms in total. The van der Waals surface area contributed by atoms with E-state index in [1.54, 1.807) is 0 Å². The van der Waals surface area contributed by atoms with Crippen molar-refractivity contribution in [3.05, 3.63) is 5.82 Å². The highest BCUT2D eigenvalue weighted by Crippen LogP contribution is 2.32. The second-order valence-electron chi connectivity index (χ2n) is 4.01. The van der Waals surface area contributed by atoms with Crippen LogP contribution >= 0.6 is 11.5 Å². The van der Waals surface area contributed by atoms with Crippen LogP contribution in [-0.2, 0) is 16.0 Å². The van der Waals surface area contributed by atoms with Crippen molar-refractivity contribution in [2.75, 3.05) is 18.1 Å². The molecule has 0 spiro atoms. The first-order valence-corrected chi connectivity index (χ1v) is 6.76. The van der Waals surface area contributed by atoms with Gasteiger partial charge in [-0.15, -0.1) is 0 Å². The third kappa shape index (κ3) is 3.15. The topological polar surface area (TPSA) is 55.3 Å². The Labute approximate surface area is 105 Å². The molecule has 17 heavy (non-hydrogen) atoms. The van der Waals surface area contributed by atoms with Crippen LogP contribution < -0.4 is 4.90 Å². The van der Waals surface area contributed by atoms with Gasteiger partial charge >= 0.3 is 5.97 Å². The molecule has 0 radical (unpaired) electrons. The fourth-order valence-electron chi connectivity index (χ4n) is 1.59. The van der Waals surface area contributed by atoms with Crippen molar-refractivity contribution in [2.24, 2.45) is 0 Å². The molecule has 1 aromatic heterocycles. The van der Waals surface area contributed by atoms with Gasteiger partial charge in [-0.25, -0.2) is 4.98 Å². The van der Waals surface area contributed by atoms with Crippen molar-refractivity contribution in [1.82, 2.24) is 9.36 Å². The van der Waals surface area contributed by atoms with Crippen molar-refractivity contribution in [3.8, 4) is 0 Å². The lowest BCUT2D eigenvalue weighted by Crippen LogP contribution is -2.32. The predicted octanol–water partition coefficient (Wildman–Crippen LogP) is 1.63. The summed E-state index contributed by atoms with van der Waals surface area (Å²) in [6.07, 6.45) is 3.08. The molecule has 1 aromatic rings. The molecule has 0 unspecified atom stereocenters. The summed E-state index contributed by atoms with van der Waals surface area (Å²) in [5.74, 6) is 0.659. The molecule has 2 rings (SSSR count). The van der Waals surface area contributed by atoms with Crippen LogP contribution in [0.4, 0.5) is 5.13 Å². The lowest BCUT2D eigenvalue weighted by molar-refractivity contribution is -0.141. The monoisotopic (exact) mass is 255 g/mol. The quantitative estimate of drug-likeness (QED) is 0.723. The average Bonchev–Trinajstić information content (AvgIpc) is 3.04. The van der Waals surface area contributed by atoms with E-state index in [2.05, 4.69) is 9.36 Å². The fraction of sp³-hybridized carbons (Fsp3) is 0.727. The summed E-state index contributed by atoms with van der Waals surface area (Å²) in [5.41, 5.74) is 0. The number of ether oxygens (including phenoxy) is 1. The molecule has 6 heteroatoms. The molecule has 0 N–H and O–H groups in total. The summed E-state index contributed by atoms with van der Waals surface area (Å²) >= 11 is 1.37. The molecule has 0 bridgehead atoms. The maximum absolute atomic E-state index is 11.5. The minimum absolute atomic E-state index is 0.187. The predicted molar refractivity (Wildman–Crippen MR) is 66.3 cm³/mol. The van der Waals surface area contributed by atoms with Crippen LogP contribution in [0.15, 0.2) is 0 Å². The van der Waals surface area contributed by atoms with Gasteiger partial charge in [0.15, 0.2) is 0 Å². The van der Waals surface area contributed by atoms with E-state index >= 15 is 0 Å². The van der Waals surface area contributed by atoms with Gasteiger partial charge in [-0.2, -0.15) is 4.37 Å². The van der Waals surface area contributed by atoms with Gasteiger partial charge in [0.05, 0.1) is 6.61 Å². The summed E-state index contributed by atoms with van der Waals surface area (Å²) in [6, 6.07) is 0.442. The summed E-state index contributed by atoms with van der Waals surface area (Å²) in [6.45, 7) is 4.56. The number of anilines is 1. The zero-order valence-corrected chi connectivity index (χ0v) is 11.0. The third-order valence-corrected chi connectivity index (χ3v) is 3.40. The Morgan fingerprint density at radius 1 is 1.53 bits per heavy atom. The Morgan fingerprint density at radius 2 is 2.29 bits per heavy atom. The van der Waals surface area contributed by atoms with E-state index in [-0.39, 0.29) is 12.5 Å². The smallest absolute Gasteiger partial charge is 0.325 e. The number of carbonyl (C=O) groups is 1. The fourth-order valence-corrected chi connectivity index (χ4v) is 2.41. The second-order valence-corrected chi connectivity index (χ2v) is 4.74. The zero-order valence-electron chi connectivity index (χ0n) is 10.2. The molecule has 0 atom stereocenters. The lowest BCUT2D eigenvalue weighted by Gasteiger charge is -2.19. The molecule has 1 heterocycles. The van der Waals surface area contributed by atoms with Gasteiger partial charge in [0.2, 0.25) is 5.13 Å². The van der Waals surface area contributed by atoms with Crippen LogP contribution in [0, 0.1) is 0 Å². The third-order valence-electron chi connectivity index (χ3n) is 2.61. The van der Waals surface area contributed by atoms with Crippen LogP contribution in [0.5, 0.6) is 0 Å². The van der Waals surface area contributed by atoms with Crippen LogP contribution in [0.2, 0.25) is 0 Å². The Hall–Kier alpha value is -1.17. The molecule has 0 amide bonds. The van der Waals surface area contributed by atoms with Crippen molar-refractivity contribution >= 4 is 22.6 Å². The Balaban J connectivity index is 2.03. The summed E-state index contributed by atoms with van der Waals surface area (Å²) in [7, 11) is 0. The number of esters is 1. The number of aryl methyl sites for hydroxylation is 1.